The first-order chi connectivity index (χ1) is 9.94. The second kappa shape index (κ2) is 8.36. The molecule has 0 amide bonds. The summed E-state index contributed by atoms with van der Waals surface area (Å²) in [5.41, 5.74) is 0.823. The Morgan fingerprint density at radius 3 is 2.62 bits per heavy atom. The number of ether oxygens (including phenoxy) is 1. The molecule has 1 rings (SSSR count). The highest BCUT2D eigenvalue weighted by Gasteiger charge is 2.18. The van der Waals surface area contributed by atoms with Crippen molar-refractivity contribution in [3.05, 3.63) is 23.8 Å². The van der Waals surface area contributed by atoms with E-state index in [0.29, 0.717) is 12.3 Å². The first kappa shape index (κ1) is 17.9. The average molecular weight is 314 g/mol. The standard InChI is InChI=1S/C15H26N2O3S/c1-5-6-7-12(2)17-21(18,19)14-8-9-15(20-4)13(10-14)11-16-3/h8-10,12,16-17H,5-7,11H2,1-4H3. The lowest BCUT2D eigenvalue weighted by Crippen LogP contribution is -2.32. The van der Waals surface area contributed by atoms with Crippen molar-refractivity contribution < 1.29 is 13.2 Å². The summed E-state index contributed by atoms with van der Waals surface area (Å²) in [5.74, 6) is 0.683. The summed E-state index contributed by atoms with van der Waals surface area (Å²) in [7, 11) is -0.101. The fourth-order valence-corrected chi connectivity index (χ4v) is 3.48. The van der Waals surface area contributed by atoms with Gasteiger partial charge in [0, 0.05) is 18.2 Å². The van der Waals surface area contributed by atoms with Crippen LogP contribution < -0.4 is 14.8 Å². The molecule has 0 radical (unpaired) electrons. The highest BCUT2D eigenvalue weighted by atomic mass is 32.2. The van der Waals surface area contributed by atoms with Crippen molar-refractivity contribution >= 4 is 10.0 Å². The first-order valence-electron chi connectivity index (χ1n) is 7.28. The molecule has 1 atom stereocenters. The maximum absolute atomic E-state index is 12.4. The molecule has 0 heterocycles. The van der Waals surface area contributed by atoms with Crippen molar-refractivity contribution in [1.29, 1.82) is 0 Å². The second-order valence-corrected chi connectivity index (χ2v) is 6.88. The van der Waals surface area contributed by atoms with Crippen LogP contribution in [0.2, 0.25) is 0 Å². The van der Waals surface area contributed by atoms with E-state index in [0.717, 1.165) is 24.8 Å². The van der Waals surface area contributed by atoms with E-state index in [9.17, 15) is 8.42 Å². The van der Waals surface area contributed by atoms with Gasteiger partial charge in [-0.05, 0) is 38.6 Å². The van der Waals surface area contributed by atoms with E-state index in [1.165, 1.54) is 0 Å². The zero-order chi connectivity index (χ0) is 15.9. The summed E-state index contributed by atoms with van der Waals surface area (Å²) in [5, 5.41) is 3.01. The van der Waals surface area contributed by atoms with Crippen molar-refractivity contribution in [2.45, 2.75) is 50.6 Å². The third kappa shape index (κ3) is 5.30. The van der Waals surface area contributed by atoms with Gasteiger partial charge in [-0.15, -0.1) is 0 Å². The van der Waals surface area contributed by atoms with Gasteiger partial charge in [-0.2, -0.15) is 0 Å². The molecule has 0 aliphatic rings. The van der Waals surface area contributed by atoms with E-state index < -0.39 is 10.0 Å². The van der Waals surface area contributed by atoms with Crippen LogP contribution in [0.15, 0.2) is 23.1 Å². The Bertz CT molecular complexity index is 544. The Hall–Kier alpha value is -1.11. The van der Waals surface area contributed by atoms with Crippen LogP contribution in [0.25, 0.3) is 0 Å². The number of hydrogen-bond acceptors (Lipinski definition) is 4. The van der Waals surface area contributed by atoms with Crippen molar-refractivity contribution in [1.82, 2.24) is 10.0 Å². The number of hydrogen-bond donors (Lipinski definition) is 2. The van der Waals surface area contributed by atoms with Gasteiger partial charge in [-0.25, -0.2) is 13.1 Å². The highest BCUT2D eigenvalue weighted by Crippen LogP contribution is 2.22. The molecule has 0 saturated carbocycles. The van der Waals surface area contributed by atoms with Gasteiger partial charge in [0.2, 0.25) is 10.0 Å². The quantitative estimate of drug-likeness (QED) is 0.734. The monoisotopic (exact) mass is 314 g/mol. The lowest BCUT2D eigenvalue weighted by molar-refractivity contribution is 0.408. The van der Waals surface area contributed by atoms with Crippen molar-refractivity contribution in [3.8, 4) is 5.75 Å². The molecule has 0 bridgehead atoms. The number of rotatable bonds is 9. The molecule has 0 aliphatic heterocycles. The molecular weight excluding hydrogens is 288 g/mol. The summed E-state index contributed by atoms with van der Waals surface area (Å²) in [6, 6.07) is 4.86. The summed E-state index contributed by atoms with van der Waals surface area (Å²) >= 11 is 0. The molecule has 0 saturated heterocycles. The maximum Gasteiger partial charge on any atom is 0.240 e. The van der Waals surface area contributed by atoms with Gasteiger partial charge < -0.3 is 10.1 Å². The normalized spacial score (nSPS) is 13.1. The second-order valence-electron chi connectivity index (χ2n) is 5.17. The van der Waals surface area contributed by atoms with Crippen molar-refractivity contribution in [2.75, 3.05) is 14.2 Å². The zero-order valence-electron chi connectivity index (χ0n) is 13.3. The number of benzene rings is 1. The molecule has 5 nitrogen and oxygen atoms in total. The lowest BCUT2D eigenvalue weighted by Gasteiger charge is -2.15. The molecule has 0 fully saturated rings. The molecule has 21 heavy (non-hydrogen) atoms. The first-order valence-corrected chi connectivity index (χ1v) is 8.76. The predicted octanol–water partition coefficient (Wildman–Crippen LogP) is 2.27. The topological polar surface area (TPSA) is 67.4 Å². The van der Waals surface area contributed by atoms with Gasteiger partial charge in [0.1, 0.15) is 5.75 Å². The number of methoxy groups -OCH3 is 1. The van der Waals surface area contributed by atoms with E-state index >= 15 is 0 Å². The van der Waals surface area contributed by atoms with Crippen LogP contribution in [0.4, 0.5) is 0 Å². The third-order valence-electron chi connectivity index (χ3n) is 3.28. The largest absolute Gasteiger partial charge is 0.496 e. The van der Waals surface area contributed by atoms with Crippen molar-refractivity contribution in [3.63, 3.8) is 0 Å². The van der Waals surface area contributed by atoms with Gasteiger partial charge in [-0.1, -0.05) is 19.8 Å². The molecule has 0 spiro atoms. The van der Waals surface area contributed by atoms with Crippen LogP contribution in [0, 0.1) is 0 Å². The molecular formula is C15H26N2O3S. The fourth-order valence-electron chi connectivity index (χ4n) is 2.15. The van der Waals surface area contributed by atoms with Crippen molar-refractivity contribution in [2.24, 2.45) is 0 Å². The maximum atomic E-state index is 12.4. The number of nitrogens with one attached hydrogen (secondary N) is 2. The van der Waals surface area contributed by atoms with Gasteiger partial charge in [0.15, 0.2) is 0 Å². The minimum absolute atomic E-state index is 0.0650. The van der Waals surface area contributed by atoms with Gasteiger partial charge in [0.05, 0.1) is 12.0 Å². The van der Waals surface area contributed by atoms with Gasteiger partial charge >= 0.3 is 0 Å². The van der Waals surface area contributed by atoms with E-state index in [2.05, 4.69) is 17.0 Å². The summed E-state index contributed by atoms with van der Waals surface area (Å²) in [4.78, 5) is 0.275. The molecule has 0 aromatic heterocycles. The van der Waals surface area contributed by atoms with E-state index in [1.807, 2.05) is 14.0 Å². The van der Waals surface area contributed by atoms with E-state index in [4.69, 9.17) is 4.74 Å². The van der Waals surface area contributed by atoms with Crippen LogP contribution in [-0.2, 0) is 16.6 Å². The van der Waals surface area contributed by atoms with E-state index in [-0.39, 0.29) is 10.9 Å². The van der Waals surface area contributed by atoms with Gasteiger partial charge in [-0.3, -0.25) is 0 Å². The molecule has 1 aromatic rings. The summed E-state index contributed by atoms with van der Waals surface area (Å²) in [6.45, 7) is 4.54. The Labute approximate surface area is 128 Å². The van der Waals surface area contributed by atoms with Gasteiger partial charge in [0.25, 0.3) is 0 Å². The molecule has 120 valence electrons. The highest BCUT2D eigenvalue weighted by molar-refractivity contribution is 7.89. The minimum atomic E-state index is -3.49. The van der Waals surface area contributed by atoms with Crippen LogP contribution >= 0.6 is 0 Å². The SMILES string of the molecule is CCCCC(C)NS(=O)(=O)c1ccc(OC)c(CNC)c1. The summed E-state index contributed by atoms with van der Waals surface area (Å²) < 4.78 is 32.7. The Balaban J connectivity index is 2.94. The Kier molecular flexibility index (Phi) is 7.14. The average Bonchev–Trinajstić information content (AvgIpc) is 2.45. The molecule has 2 N–H and O–H groups in total. The molecule has 0 aliphatic carbocycles. The Morgan fingerprint density at radius 2 is 2.05 bits per heavy atom. The predicted molar refractivity (Wildman–Crippen MR) is 85.1 cm³/mol. The fraction of sp³-hybridized carbons (Fsp3) is 0.600. The van der Waals surface area contributed by atoms with Crippen LogP contribution in [0.1, 0.15) is 38.7 Å². The van der Waals surface area contributed by atoms with Crippen LogP contribution in [-0.4, -0.2) is 28.6 Å². The lowest BCUT2D eigenvalue weighted by atomic mass is 10.2. The molecule has 6 heteroatoms. The smallest absolute Gasteiger partial charge is 0.240 e. The van der Waals surface area contributed by atoms with Crippen LogP contribution in [0.3, 0.4) is 0 Å². The third-order valence-corrected chi connectivity index (χ3v) is 4.86. The minimum Gasteiger partial charge on any atom is -0.496 e. The van der Waals surface area contributed by atoms with Crippen LogP contribution in [0.5, 0.6) is 5.75 Å². The van der Waals surface area contributed by atoms with E-state index in [1.54, 1.807) is 25.3 Å². The number of unbranched alkanes of at least 4 members (excludes halogenated alkanes) is 1. The molecule has 1 unspecified atom stereocenters. The number of sulfonamides is 1. The summed E-state index contributed by atoms with van der Waals surface area (Å²) in [6.07, 6.45) is 2.91. The molecule has 1 aromatic carbocycles. The Morgan fingerprint density at radius 1 is 1.33 bits per heavy atom. The zero-order valence-corrected chi connectivity index (χ0v) is 14.1.